The molecule has 1 aliphatic rings. The van der Waals surface area contributed by atoms with E-state index < -0.39 is 5.09 Å². The first-order chi connectivity index (χ1) is 14.4. The van der Waals surface area contributed by atoms with Crippen LogP contribution < -0.4 is 15.5 Å². The van der Waals surface area contributed by atoms with Crippen LogP contribution in [0.2, 0.25) is 5.02 Å². The van der Waals surface area contributed by atoms with E-state index in [1.54, 1.807) is 20.2 Å². The van der Waals surface area contributed by atoms with E-state index in [0.717, 1.165) is 44.2 Å². The van der Waals surface area contributed by atoms with E-state index in [4.69, 9.17) is 26.9 Å². The summed E-state index contributed by atoms with van der Waals surface area (Å²) in [5, 5.41) is 19.9. The molecule has 0 unspecified atom stereocenters. The highest BCUT2D eigenvalue weighted by Gasteiger charge is 2.20. The van der Waals surface area contributed by atoms with Gasteiger partial charge in [0.2, 0.25) is 0 Å². The van der Waals surface area contributed by atoms with E-state index in [1.807, 2.05) is 36.4 Å². The van der Waals surface area contributed by atoms with E-state index >= 15 is 0 Å². The summed E-state index contributed by atoms with van der Waals surface area (Å²) < 4.78 is 3.17. The lowest BCUT2D eigenvalue weighted by atomic mass is 10.2. The molecule has 0 radical (unpaired) electrons. The summed E-state index contributed by atoms with van der Waals surface area (Å²) in [6.07, 6.45) is 2.72. The maximum absolute atomic E-state index is 12.3. The molecule has 1 N–H and O–H groups in total. The van der Waals surface area contributed by atoms with Crippen molar-refractivity contribution in [3.63, 3.8) is 0 Å². The van der Waals surface area contributed by atoms with Crippen LogP contribution >= 0.6 is 11.6 Å². The van der Waals surface area contributed by atoms with Gasteiger partial charge in [-0.1, -0.05) is 23.7 Å². The smallest absolute Gasteiger partial charge is 0.350 e. The highest BCUT2D eigenvalue weighted by Crippen LogP contribution is 2.19. The summed E-state index contributed by atoms with van der Waals surface area (Å²) in [6.45, 7) is 6.00. The first kappa shape index (κ1) is 21.6. The van der Waals surface area contributed by atoms with Gasteiger partial charge in [0.25, 0.3) is 0 Å². The van der Waals surface area contributed by atoms with Gasteiger partial charge >= 0.3 is 5.69 Å². The lowest BCUT2D eigenvalue weighted by Crippen LogP contribution is -3.14. The van der Waals surface area contributed by atoms with Crippen molar-refractivity contribution in [2.75, 3.05) is 37.6 Å². The number of nitrogens with zero attached hydrogens (tertiary/aromatic N) is 5. The number of benzene rings is 1. The third-order valence-electron chi connectivity index (χ3n) is 5.03. The molecule has 0 saturated carbocycles. The average Bonchev–Trinajstić information content (AvgIpc) is 3.04. The topological polar surface area (TPSA) is 113 Å². The van der Waals surface area contributed by atoms with Crippen molar-refractivity contribution in [3.8, 4) is 0 Å². The number of aryl methyl sites for hydroxylation is 1. The fraction of sp³-hybridized carbons (Fsp3) is 0.368. The Labute approximate surface area is 177 Å². The van der Waals surface area contributed by atoms with Crippen LogP contribution in [0.15, 0.2) is 53.5 Å². The third-order valence-corrected chi connectivity index (χ3v) is 5.27. The SMILES string of the molecule is O=[N+]([O-])[O-].O=c1n(CCC[NH+]2CCN(c3cccc(Cl)c3)CC2)nc2ccccn12. The molecule has 0 amide bonds. The minimum atomic E-state index is -1.75. The number of halogens is 1. The van der Waals surface area contributed by atoms with Crippen molar-refractivity contribution in [2.24, 2.45) is 0 Å². The van der Waals surface area contributed by atoms with Crippen molar-refractivity contribution in [3.05, 3.63) is 79.5 Å². The van der Waals surface area contributed by atoms with Gasteiger partial charge in [-0.2, -0.15) is 0 Å². The van der Waals surface area contributed by atoms with Gasteiger partial charge in [0.1, 0.15) is 0 Å². The van der Waals surface area contributed by atoms with Gasteiger partial charge in [-0.25, -0.2) is 9.48 Å². The normalized spacial score (nSPS) is 14.4. The predicted octanol–water partition coefficient (Wildman–Crippen LogP) is 0.706. The van der Waals surface area contributed by atoms with Crippen molar-refractivity contribution in [2.45, 2.75) is 13.0 Å². The van der Waals surface area contributed by atoms with E-state index in [2.05, 4.69) is 16.1 Å². The molecule has 0 bridgehead atoms. The Morgan fingerprint density at radius 1 is 1.13 bits per heavy atom. The fourth-order valence-electron chi connectivity index (χ4n) is 3.60. The second-order valence-corrected chi connectivity index (χ2v) is 7.42. The summed E-state index contributed by atoms with van der Waals surface area (Å²) in [5.74, 6) is 0. The summed E-state index contributed by atoms with van der Waals surface area (Å²) in [6, 6.07) is 13.7. The number of fused-ring (bicyclic) bond motifs is 1. The minimum absolute atomic E-state index is 0.0543. The lowest BCUT2D eigenvalue weighted by molar-refractivity contribution is -0.900. The van der Waals surface area contributed by atoms with Gasteiger partial charge in [-0.05, 0) is 30.3 Å². The van der Waals surface area contributed by atoms with Crippen LogP contribution in [0.3, 0.4) is 0 Å². The fourth-order valence-corrected chi connectivity index (χ4v) is 3.78. The molecule has 10 nitrogen and oxygen atoms in total. The number of piperazine rings is 1. The highest BCUT2D eigenvalue weighted by molar-refractivity contribution is 6.30. The quantitative estimate of drug-likeness (QED) is 0.467. The molecule has 3 aromatic rings. The molecule has 0 aliphatic carbocycles. The van der Waals surface area contributed by atoms with Crippen LogP contribution in [0.4, 0.5) is 5.69 Å². The average molecular weight is 435 g/mol. The molecule has 30 heavy (non-hydrogen) atoms. The predicted molar refractivity (Wildman–Crippen MR) is 114 cm³/mol. The maximum atomic E-state index is 12.3. The lowest BCUT2D eigenvalue weighted by Gasteiger charge is -2.33. The van der Waals surface area contributed by atoms with E-state index in [9.17, 15) is 4.79 Å². The number of rotatable bonds is 5. The number of hydrogen-bond donors (Lipinski definition) is 1. The largest absolute Gasteiger partial charge is 0.360 e. The first-order valence-electron chi connectivity index (χ1n) is 9.64. The Bertz CT molecular complexity index is 1040. The molecule has 1 aromatic carbocycles. The van der Waals surface area contributed by atoms with Crippen molar-refractivity contribution in [1.29, 1.82) is 0 Å². The number of pyridine rings is 1. The molecular formula is C19H23ClN6O4. The molecule has 2 aromatic heterocycles. The van der Waals surface area contributed by atoms with Gasteiger partial charge < -0.3 is 25.1 Å². The summed E-state index contributed by atoms with van der Waals surface area (Å²) in [5.41, 5.74) is 1.86. The van der Waals surface area contributed by atoms with E-state index in [1.165, 1.54) is 5.69 Å². The van der Waals surface area contributed by atoms with Crippen molar-refractivity contribution in [1.82, 2.24) is 14.2 Å². The molecule has 0 spiro atoms. The second kappa shape index (κ2) is 10.1. The van der Waals surface area contributed by atoms with Gasteiger partial charge in [0, 0.05) is 23.3 Å². The van der Waals surface area contributed by atoms with Gasteiger partial charge in [0.05, 0.1) is 44.4 Å². The van der Waals surface area contributed by atoms with Gasteiger partial charge in [-0.15, -0.1) is 5.10 Å². The third kappa shape index (κ3) is 5.71. The number of nitrogens with one attached hydrogen (secondary N) is 1. The summed E-state index contributed by atoms with van der Waals surface area (Å²) >= 11 is 6.09. The molecule has 160 valence electrons. The Kier molecular flexibility index (Phi) is 7.26. The summed E-state index contributed by atoms with van der Waals surface area (Å²) in [7, 11) is 0. The standard InChI is InChI=1S/C19H22ClN5O.NO3/c20-16-5-3-6-17(15-16)23-13-11-22(12-14-23)8-4-10-25-19(26)24-9-2-1-7-18(24)21-25;2-1(3)4/h1-3,5-7,9,15H,4,8,10-14H2;/q;-1/p+1. The van der Waals surface area contributed by atoms with Gasteiger partial charge in [-0.3, -0.25) is 4.40 Å². The van der Waals surface area contributed by atoms with Crippen LogP contribution in [0.1, 0.15) is 6.42 Å². The van der Waals surface area contributed by atoms with Crippen molar-refractivity contribution < 1.29 is 9.99 Å². The Balaban J connectivity index is 0.000000589. The molecule has 1 aliphatic heterocycles. The molecule has 1 saturated heterocycles. The van der Waals surface area contributed by atoms with Crippen LogP contribution in [0.25, 0.3) is 5.65 Å². The first-order valence-corrected chi connectivity index (χ1v) is 10.0. The molecule has 1 fully saturated rings. The second-order valence-electron chi connectivity index (χ2n) is 6.98. The van der Waals surface area contributed by atoms with Gasteiger partial charge in [0.15, 0.2) is 5.65 Å². The summed E-state index contributed by atoms with van der Waals surface area (Å²) in [4.78, 5) is 24.5. The number of quaternary nitrogens is 1. The highest BCUT2D eigenvalue weighted by atomic mass is 35.5. The van der Waals surface area contributed by atoms with Crippen LogP contribution in [-0.4, -0.2) is 52.0 Å². The Hall–Kier alpha value is -3.11. The van der Waals surface area contributed by atoms with Crippen LogP contribution in [0.5, 0.6) is 0 Å². The van der Waals surface area contributed by atoms with Crippen LogP contribution in [0, 0.1) is 15.3 Å². The zero-order valence-corrected chi connectivity index (χ0v) is 17.1. The van der Waals surface area contributed by atoms with E-state index in [-0.39, 0.29) is 5.69 Å². The number of aromatic nitrogens is 3. The zero-order chi connectivity index (χ0) is 21.5. The molecule has 3 heterocycles. The Morgan fingerprint density at radius 2 is 1.87 bits per heavy atom. The zero-order valence-electron chi connectivity index (χ0n) is 16.3. The number of hydrogen-bond acceptors (Lipinski definition) is 6. The molecule has 0 atom stereocenters. The molecule has 4 rings (SSSR count). The van der Waals surface area contributed by atoms with E-state index in [0.29, 0.717) is 12.2 Å². The Morgan fingerprint density at radius 3 is 2.53 bits per heavy atom. The van der Waals surface area contributed by atoms with Crippen LogP contribution in [-0.2, 0) is 6.54 Å². The maximum Gasteiger partial charge on any atom is 0.350 e. The monoisotopic (exact) mass is 434 g/mol. The van der Waals surface area contributed by atoms with Crippen molar-refractivity contribution >= 4 is 22.9 Å². The number of anilines is 1. The molecular weight excluding hydrogens is 412 g/mol. The molecule has 11 heteroatoms. The minimum Gasteiger partial charge on any atom is -0.360 e.